The molecule has 0 aromatic carbocycles. The highest BCUT2D eigenvalue weighted by Gasteiger charge is 2.26. The van der Waals surface area contributed by atoms with Gasteiger partial charge in [-0.05, 0) is 12.3 Å². The third-order valence-electron chi connectivity index (χ3n) is 2.44. The zero-order chi connectivity index (χ0) is 15.9. The summed E-state index contributed by atoms with van der Waals surface area (Å²) in [6.45, 7) is 5.00. The molecule has 0 heterocycles. The van der Waals surface area contributed by atoms with Gasteiger partial charge in [-0.2, -0.15) is 0 Å². The maximum absolute atomic E-state index is 12.0. The van der Waals surface area contributed by atoms with Crippen LogP contribution in [-0.2, 0) is 19.2 Å². The average Bonchev–Trinajstić information content (AvgIpc) is 2.24. The fourth-order valence-electron chi connectivity index (χ4n) is 1.62. The van der Waals surface area contributed by atoms with Crippen molar-refractivity contribution in [3.05, 3.63) is 0 Å². The van der Waals surface area contributed by atoms with Crippen LogP contribution < -0.4 is 16.4 Å². The Morgan fingerprint density at radius 1 is 1.10 bits per heavy atom. The number of nitrogens with one attached hydrogen (secondary N) is 2. The Hall–Kier alpha value is -2.12. The molecule has 114 valence electrons. The van der Waals surface area contributed by atoms with Crippen LogP contribution in [0.4, 0.5) is 0 Å². The molecule has 0 unspecified atom stereocenters. The van der Waals surface area contributed by atoms with E-state index in [1.54, 1.807) is 0 Å². The van der Waals surface area contributed by atoms with Gasteiger partial charge in [0.2, 0.25) is 17.7 Å². The summed E-state index contributed by atoms with van der Waals surface area (Å²) in [4.78, 5) is 44.7. The van der Waals surface area contributed by atoms with Crippen molar-refractivity contribution in [2.45, 2.75) is 45.7 Å². The SMILES string of the molecule is CC(=O)N[C@@H](CC(C)C)C(=O)N[C@H](CC(=O)O)C(N)=O. The fourth-order valence-corrected chi connectivity index (χ4v) is 1.62. The molecular weight excluding hydrogens is 266 g/mol. The lowest BCUT2D eigenvalue weighted by molar-refractivity contribution is -0.140. The molecule has 2 atom stereocenters. The maximum atomic E-state index is 12.0. The molecule has 0 spiro atoms. The van der Waals surface area contributed by atoms with Gasteiger partial charge in [0.15, 0.2) is 0 Å². The summed E-state index contributed by atoms with van der Waals surface area (Å²) >= 11 is 0. The summed E-state index contributed by atoms with van der Waals surface area (Å²) in [7, 11) is 0. The van der Waals surface area contributed by atoms with E-state index in [1.165, 1.54) is 6.92 Å². The van der Waals surface area contributed by atoms with Gasteiger partial charge >= 0.3 is 5.97 Å². The highest BCUT2D eigenvalue weighted by atomic mass is 16.4. The molecular formula is C12H21N3O5. The molecule has 3 amide bonds. The number of primary amides is 1. The summed E-state index contributed by atoms with van der Waals surface area (Å²) in [5.74, 6) is -3.08. The van der Waals surface area contributed by atoms with Crippen LogP contribution in [0, 0.1) is 5.92 Å². The van der Waals surface area contributed by atoms with E-state index >= 15 is 0 Å². The number of hydrogen-bond donors (Lipinski definition) is 4. The van der Waals surface area contributed by atoms with E-state index in [1.807, 2.05) is 13.8 Å². The summed E-state index contributed by atoms with van der Waals surface area (Å²) in [5, 5.41) is 13.4. The third kappa shape index (κ3) is 7.34. The number of carboxylic acid groups (broad SMARTS) is 1. The topological polar surface area (TPSA) is 139 Å². The van der Waals surface area contributed by atoms with Gasteiger partial charge in [0.25, 0.3) is 0 Å². The number of nitrogens with two attached hydrogens (primary N) is 1. The molecule has 0 fully saturated rings. The minimum absolute atomic E-state index is 0.129. The van der Waals surface area contributed by atoms with Crippen LogP contribution in [0.3, 0.4) is 0 Å². The van der Waals surface area contributed by atoms with Gasteiger partial charge < -0.3 is 21.5 Å². The Bertz CT molecular complexity index is 395. The first-order chi connectivity index (χ1) is 9.13. The van der Waals surface area contributed by atoms with Crippen molar-refractivity contribution < 1.29 is 24.3 Å². The van der Waals surface area contributed by atoms with Gasteiger partial charge in [-0.3, -0.25) is 19.2 Å². The second-order valence-corrected chi connectivity index (χ2v) is 4.94. The number of aliphatic carboxylic acids is 1. The van der Waals surface area contributed by atoms with Crippen LogP contribution >= 0.6 is 0 Å². The molecule has 0 aliphatic rings. The zero-order valence-corrected chi connectivity index (χ0v) is 11.8. The first-order valence-electron chi connectivity index (χ1n) is 6.22. The van der Waals surface area contributed by atoms with Gasteiger partial charge in [-0.15, -0.1) is 0 Å². The normalized spacial score (nSPS) is 13.4. The van der Waals surface area contributed by atoms with E-state index in [-0.39, 0.29) is 11.8 Å². The van der Waals surface area contributed by atoms with Gasteiger partial charge in [-0.25, -0.2) is 0 Å². The van der Waals surface area contributed by atoms with Crippen LogP contribution in [0.25, 0.3) is 0 Å². The van der Waals surface area contributed by atoms with E-state index in [0.717, 1.165) is 0 Å². The molecule has 0 aliphatic heterocycles. The van der Waals surface area contributed by atoms with Crippen molar-refractivity contribution in [2.75, 3.05) is 0 Å². The van der Waals surface area contributed by atoms with Crippen molar-refractivity contribution in [1.82, 2.24) is 10.6 Å². The number of carboxylic acids is 1. The van der Waals surface area contributed by atoms with E-state index in [9.17, 15) is 19.2 Å². The summed E-state index contributed by atoms with van der Waals surface area (Å²) in [5.41, 5.74) is 5.03. The third-order valence-corrected chi connectivity index (χ3v) is 2.44. The summed E-state index contributed by atoms with van der Waals surface area (Å²) in [6, 6.07) is -2.13. The first kappa shape index (κ1) is 17.9. The number of carbonyl (C=O) groups is 4. The second-order valence-electron chi connectivity index (χ2n) is 4.94. The van der Waals surface area contributed by atoms with E-state index in [0.29, 0.717) is 6.42 Å². The zero-order valence-electron chi connectivity index (χ0n) is 11.8. The minimum atomic E-state index is -1.30. The molecule has 8 heteroatoms. The van der Waals surface area contributed by atoms with Crippen molar-refractivity contribution in [3.8, 4) is 0 Å². The van der Waals surface area contributed by atoms with Crippen LogP contribution in [-0.4, -0.2) is 40.9 Å². The van der Waals surface area contributed by atoms with Crippen molar-refractivity contribution >= 4 is 23.7 Å². The van der Waals surface area contributed by atoms with Crippen LogP contribution in [0.5, 0.6) is 0 Å². The Balaban J connectivity index is 4.81. The molecule has 0 rings (SSSR count). The first-order valence-corrected chi connectivity index (χ1v) is 6.22. The number of carbonyl (C=O) groups excluding carboxylic acids is 3. The van der Waals surface area contributed by atoms with Crippen LogP contribution in [0.1, 0.15) is 33.6 Å². The van der Waals surface area contributed by atoms with E-state index in [2.05, 4.69) is 10.6 Å². The standard InChI is InChI=1S/C12H21N3O5/c1-6(2)4-9(14-7(3)16)12(20)15-8(11(13)19)5-10(17)18/h6,8-9H,4-5H2,1-3H3,(H2,13,19)(H,14,16)(H,15,20)(H,17,18)/t8-,9+/m1/s1. The number of amides is 3. The van der Waals surface area contributed by atoms with E-state index < -0.39 is 36.3 Å². The van der Waals surface area contributed by atoms with Gasteiger partial charge in [-0.1, -0.05) is 13.8 Å². The minimum Gasteiger partial charge on any atom is -0.481 e. The predicted molar refractivity (Wildman–Crippen MR) is 70.4 cm³/mol. The molecule has 0 radical (unpaired) electrons. The molecule has 0 aromatic heterocycles. The molecule has 0 bridgehead atoms. The van der Waals surface area contributed by atoms with Crippen LogP contribution in [0.15, 0.2) is 0 Å². The second kappa shape index (κ2) is 8.13. The van der Waals surface area contributed by atoms with Gasteiger partial charge in [0, 0.05) is 6.92 Å². The van der Waals surface area contributed by atoms with E-state index in [4.69, 9.17) is 10.8 Å². The molecule has 5 N–H and O–H groups in total. The fraction of sp³-hybridized carbons (Fsp3) is 0.667. The van der Waals surface area contributed by atoms with Crippen molar-refractivity contribution in [1.29, 1.82) is 0 Å². The predicted octanol–water partition coefficient (Wildman–Crippen LogP) is -1.02. The Morgan fingerprint density at radius 3 is 2.00 bits per heavy atom. The van der Waals surface area contributed by atoms with Crippen LogP contribution in [0.2, 0.25) is 0 Å². The lowest BCUT2D eigenvalue weighted by Crippen LogP contribution is -2.53. The van der Waals surface area contributed by atoms with Crippen molar-refractivity contribution in [2.24, 2.45) is 11.7 Å². The van der Waals surface area contributed by atoms with Gasteiger partial charge in [0.1, 0.15) is 12.1 Å². The summed E-state index contributed by atoms with van der Waals surface area (Å²) in [6.07, 6.45) is -0.237. The lowest BCUT2D eigenvalue weighted by Gasteiger charge is -2.22. The molecule has 0 saturated heterocycles. The Labute approximate surface area is 117 Å². The monoisotopic (exact) mass is 287 g/mol. The number of hydrogen-bond acceptors (Lipinski definition) is 4. The smallest absolute Gasteiger partial charge is 0.305 e. The van der Waals surface area contributed by atoms with Gasteiger partial charge in [0.05, 0.1) is 6.42 Å². The number of rotatable bonds is 8. The maximum Gasteiger partial charge on any atom is 0.305 e. The van der Waals surface area contributed by atoms with Crippen molar-refractivity contribution in [3.63, 3.8) is 0 Å². The molecule has 0 saturated carbocycles. The quantitative estimate of drug-likeness (QED) is 0.452. The molecule has 8 nitrogen and oxygen atoms in total. The Morgan fingerprint density at radius 2 is 1.65 bits per heavy atom. The highest BCUT2D eigenvalue weighted by Crippen LogP contribution is 2.06. The average molecular weight is 287 g/mol. The lowest BCUT2D eigenvalue weighted by atomic mass is 10.0. The Kier molecular flexibility index (Phi) is 7.27. The molecule has 0 aromatic rings. The highest BCUT2D eigenvalue weighted by molar-refractivity contribution is 5.92. The molecule has 20 heavy (non-hydrogen) atoms. The molecule has 0 aliphatic carbocycles. The summed E-state index contributed by atoms with van der Waals surface area (Å²) < 4.78 is 0. The largest absolute Gasteiger partial charge is 0.481 e.